The maximum absolute atomic E-state index is 12.7. The monoisotopic (exact) mass is 381 g/mol. The highest BCUT2D eigenvalue weighted by Gasteiger charge is 2.39. The minimum Gasteiger partial charge on any atom is -0.370 e. The summed E-state index contributed by atoms with van der Waals surface area (Å²) in [4.78, 5) is 19.2. The number of amides is 1. The Morgan fingerprint density at radius 2 is 1.79 bits per heavy atom. The summed E-state index contributed by atoms with van der Waals surface area (Å²) in [6.07, 6.45) is 5.07. The Labute approximate surface area is 165 Å². The standard InChI is InChI=1S/C22H27N3O3/c1-16(2)17-3-5-19(6-4-17)24-21(26)18-13-20(15-23-14-18)25-9-7-22(8-10-25)27-11-12-28-22/h3-6,13-16H,7-12H2,1-2H3,(H,24,26). The SMILES string of the molecule is CC(C)c1ccc(NC(=O)c2cncc(N3CCC4(CC3)OCCO4)c2)cc1. The molecule has 1 spiro atoms. The van der Waals surface area contributed by atoms with Crippen molar-refractivity contribution in [1.82, 2.24) is 4.98 Å². The van der Waals surface area contributed by atoms with Crippen LogP contribution in [0.4, 0.5) is 11.4 Å². The molecule has 0 unspecified atom stereocenters. The summed E-state index contributed by atoms with van der Waals surface area (Å²) in [7, 11) is 0. The van der Waals surface area contributed by atoms with Crippen molar-refractivity contribution < 1.29 is 14.3 Å². The quantitative estimate of drug-likeness (QED) is 0.873. The van der Waals surface area contributed by atoms with Crippen molar-refractivity contribution in [3.05, 3.63) is 53.9 Å². The third kappa shape index (κ3) is 4.03. The molecule has 0 aliphatic carbocycles. The van der Waals surface area contributed by atoms with Crippen LogP contribution < -0.4 is 10.2 Å². The number of hydrogen-bond acceptors (Lipinski definition) is 5. The Kier molecular flexibility index (Phi) is 5.33. The van der Waals surface area contributed by atoms with Gasteiger partial charge in [0.25, 0.3) is 5.91 Å². The molecule has 0 bridgehead atoms. The second-order valence-electron chi connectivity index (χ2n) is 7.76. The van der Waals surface area contributed by atoms with Gasteiger partial charge in [0.1, 0.15) is 0 Å². The predicted molar refractivity (Wildman–Crippen MR) is 109 cm³/mol. The molecule has 1 N–H and O–H groups in total. The largest absolute Gasteiger partial charge is 0.370 e. The van der Waals surface area contributed by atoms with Gasteiger partial charge in [0.2, 0.25) is 0 Å². The Bertz CT molecular complexity index is 819. The minimum atomic E-state index is -0.402. The zero-order valence-electron chi connectivity index (χ0n) is 16.5. The summed E-state index contributed by atoms with van der Waals surface area (Å²) in [5.41, 5.74) is 3.55. The third-order valence-corrected chi connectivity index (χ3v) is 5.53. The molecule has 1 aromatic carbocycles. The van der Waals surface area contributed by atoms with Crippen LogP contribution in [0, 0.1) is 0 Å². The first-order valence-corrected chi connectivity index (χ1v) is 9.94. The number of benzene rings is 1. The lowest BCUT2D eigenvalue weighted by Gasteiger charge is -2.38. The fraction of sp³-hybridized carbons (Fsp3) is 0.455. The molecule has 2 aliphatic heterocycles. The number of piperidine rings is 1. The summed E-state index contributed by atoms with van der Waals surface area (Å²) in [5, 5.41) is 2.96. The number of carbonyl (C=O) groups is 1. The van der Waals surface area contributed by atoms with Crippen molar-refractivity contribution in [3.8, 4) is 0 Å². The van der Waals surface area contributed by atoms with Gasteiger partial charge < -0.3 is 19.7 Å². The van der Waals surface area contributed by atoms with Gasteiger partial charge in [-0.3, -0.25) is 9.78 Å². The van der Waals surface area contributed by atoms with Gasteiger partial charge in [0.15, 0.2) is 5.79 Å². The fourth-order valence-electron chi connectivity index (χ4n) is 3.77. The van der Waals surface area contributed by atoms with Gasteiger partial charge in [-0.2, -0.15) is 0 Å². The van der Waals surface area contributed by atoms with Crippen LogP contribution in [-0.4, -0.2) is 43.0 Å². The van der Waals surface area contributed by atoms with Gasteiger partial charge in [-0.1, -0.05) is 26.0 Å². The normalized spacial score (nSPS) is 18.6. The topological polar surface area (TPSA) is 63.7 Å². The van der Waals surface area contributed by atoms with Crippen LogP contribution in [0.2, 0.25) is 0 Å². The molecular weight excluding hydrogens is 354 g/mol. The van der Waals surface area contributed by atoms with E-state index in [0.29, 0.717) is 24.7 Å². The van der Waals surface area contributed by atoms with E-state index in [-0.39, 0.29) is 5.91 Å². The van der Waals surface area contributed by atoms with Crippen LogP contribution in [0.3, 0.4) is 0 Å². The second kappa shape index (κ2) is 7.89. The van der Waals surface area contributed by atoms with E-state index in [1.165, 1.54) is 5.56 Å². The molecule has 2 fully saturated rings. The van der Waals surface area contributed by atoms with Crippen molar-refractivity contribution in [2.75, 3.05) is 36.5 Å². The molecule has 1 aromatic heterocycles. The summed E-state index contributed by atoms with van der Waals surface area (Å²) >= 11 is 0. The van der Waals surface area contributed by atoms with Crippen molar-refractivity contribution in [1.29, 1.82) is 0 Å². The zero-order valence-corrected chi connectivity index (χ0v) is 16.5. The Balaban J connectivity index is 1.41. The summed E-state index contributed by atoms with van der Waals surface area (Å²) < 4.78 is 11.6. The minimum absolute atomic E-state index is 0.150. The van der Waals surface area contributed by atoms with Gasteiger partial charge in [-0.05, 0) is 29.7 Å². The molecule has 3 heterocycles. The van der Waals surface area contributed by atoms with Crippen LogP contribution in [-0.2, 0) is 9.47 Å². The van der Waals surface area contributed by atoms with Gasteiger partial charge in [0.05, 0.1) is 30.7 Å². The fourth-order valence-corrected chi connectivity index (χ4v) is 3.77. The lowest BCUT2D eigenvalue weighted by Crippen LogP contribution is -2.45. The van der Waals surface area contributed by atoms with Crippen LogP contribution in [0.5, 0.6) is 0 Å². The van der Waals surface area contributed by atoms with Gasteiger partial charge >= 0.3 is 0 Å². The maximum Gasteiger partial charge on any atom is 0.257 e. The maximum atomic E-state index is 12.7. The first kappa shape index (κ1) is 18.9. The molecule has 1 amide bonds. The van der Waals surface area contributed by atoms with E-state index in [4.69, 9.17) is 9.47 Å². The molecule has 2 saturated heterocycles. The van der Waals surface area contributed by atoms with Crippen LogP contribution in [0.15, 0.2) is 42.7 Å². The smallest absolute Gasteiger partial charge is 0.257 e. The summed E-state index contributed by atoms with van der Waals surface area (Å²) in [6, 6.07) is 9.88. The zero-order chi connectivity index (χ0) is 19.6. The van der Waals surface area contributed by atoms with E-state index in [1.54, 1.807) is 6.20 Å². The number of nitrogens with zero attached hydrogens (tertiary/aromatic N) is 2. The molecule has 0 radical (unpaired) electrons. The highest BCUT2D eigenvalue weighted by Crippen LogP contribution is 2.33. The number of carbonyl (C=O) groups excluding carboxylic acids is 1. The molecule has 0 saturated carbocycles. The molecule has 6 nitrogen and oxygen atoms in total. The van der Waals surface area contributed by atoms with E-state index < -0.39 is 5.79 Å². The number of anilines is 2. The average molecular weight is 381 g/mol. The number of hydrogen-bond donors (Lipinski definition) is 1. The summed E-state index contributed by atoms with van der Waals surface area (Å²) in [6.45, 7) is 7.30. The average Bonchev–Trinajstić information content (AvgIpc) is 3.17. The van der Waals surface area contributed by atoms with Crippen molar-refractivity contribution >= 4 is 17.3 Å². The van der Waals surface area contributed by atoms with Gasteiger partial charge in [-0.25, -0.2) is 0 Å². The Morgan fingerprint density at radius 1 is 1.11 bits per heavy atom. The first-order chi connectivity index (χ1) is 13.5. The Morgan fingerprint density at radius 3 is 2.43 bits per heavy atom. The van der Waals surface area contributed by atoms with Gasteiger partial charge in [0, 0.05) is 37.8 Å². The van der Waals surface area contributed by atoms with E-state index >= 15 is 0 Å². The number of rotatable bonds is 4. The molecule has 4 rings (SSSR count). The summed E-state index contributed by atoms with van der Waals surface area (Å²) in [5.74, 6) is -0.0851. The van der Waals surface area contributed by atoms with E-state index in [2.05, 4.69) is 29.0 Å². The third-order valence-electron chi connectivity index (χ3n) is 5.53. The van der Waals surface area contributed by atoms with Crippen molar-refractivity contribution in [3.63, 3.8) is 0 Å². The van der Waals surface area contributed by atoms with Crippen LogP contribution >= 0.6 is 0 Å². The highest BCUT2D eigenvalue weighted by atomic mass is 16.7. The van der Waals surface area contributed by atoms with Crippen molar-refractivity contribution in [2.24, 2.45) is 0 Å². The molecule has 2 aromatic rings. The first-order valence-electron chi connectivity index (χ1n) is 9.94. The predicted octanol–water partition coefficient (Wildman–Crippen LogP) is 3.80. The molecule has 28 heavy (non-hydrogen) atoms. The molecule has 0 atom stereocenters. The highest BCUT2D eigenvalue weighted by molar-refractivity contribution is 6.04. The number of pyridine rings is 1. The lowest BCUT2D eigenvalue weighted by atomic mass is 10.0. The van der Waals surface area contributed by atoms with Crippen LogP contribution in [0.1, 0.15) is 48.5 Å². The molecular formula is C22H27N3O3. The molecule has 6 heteroatoms. The number of aromatic nitrogens is 1. The number of ether oxygens (including phenoxy) is 2. The lowest BCUT2D eigenvalue weighted by molar-refractivity contribution is -0.169. The Hall–Kier alpha value is -2.44. The second-order valence-corrected chi connectivity index (χ2v) is 7.76. The van der Waals surface area contributed by atoms with Crippen LogP contribution in [0.25, 0.3) is 0 Å². The van der Waals surface area contributed by atoms with Crippen molar-refractivity contribution in [2.45, 2.75) is 38.4 Å². The van der Waals surface area contributed by atoms with E-state index in [1.807, 2.05) is 36.5 Å². The molecule has 148 valence electrons. The van der Waals surface area contributed by atoms with E-state index in [0.717, 1.165) is 37.3 Å². The van der Waals surface area contributed by atoms with E-state index in [9.17, 15) is 4.79 Å². The van der Waals surface area contributed by atoms with Gasteiger partial charge in [-0.15, -0.1) is 0 Å². The molecule has 2 aliphatic rings. The number of nitrogens with one attached hydrogen (secondary N) is 1.